The molecule has 1 aliphatic heterocycles. The van der Waals surface area contributed by atoms with Gasteiger partial charge in [-0.05, 0) is 71.8 Å². The lowest BCUT2D eigenvalue weighted by Crippen LogP contribution is -2.42. The van der Waals surface area contributed by atoms with Gasteiger partial charge in [0.05, 0.1) is 0 Å². The third kappa shape index (κ3) is 3.34. The number of carbonyl (C=O) groups is 3. The van der Waals surface area contributed by atoms with Gasteiger partial charge in [0.15, 0.2) is 0 Å². The van der Waals surface area contributed by atoms with Gasteiger partial charge in [0.1, 0.15) is 12.1 Å². The van der Waals surface area contributed by atoms with Crippen molar-refractivity contribution in [1.29, 1.82) is 0 Å². The Morgan fingerprint density at radius 1 is 1.00 bits per heavy atom. The molecule has 1 heterocycles. The first-order chi connectivity index (χ1) is 14.9. The monoisotopic (exact) mass is 413 g/mol. The van der Waals surface area contributed by atoms with Crippen molar-refractivity contribution in [2.45, 2.75) is 31.7 Å². The Morgan fingerprint density at radius 2 is 1.77 bits per heavy atom. The second kappa shape index (κ2) is 7.23. The van der Waals surface area contributed by atoms with E-state index < -0.39 is 23.4 Å². The van der Waals surface area contributed by atoms with E-state index in [9.17, 15) is 14.4 Å². The van der Waals surface area contributed by atoms with Gasteiger partial charge < -0.3 is 10.6 Å². The van der Waals surface area contributed by atoms with Crippen LogP contribution in [0.1, 0.15) is 30.0 Å². The smallest absolute Gasteiger partial charge is 0.325 e. The van der Waals surface area contributed by atoms with Crippen LogP contribution in [-0.4, -0.2) is 29.3 Å². The molecule has 2 N–H and O–H groups in total. The number of hydrogen-bond acceptors (Lipinski definition) is 3. The Bertz CT molecular complexity index is 1240. The number of nitrogens with zero attached hydrogens (tertiary/aromatic N) is 1. The van der Waals surface area contributed by atoms with Crippen molar-refractivity contribution in [3.05, 3.63) is 77.4 Å². The second-order valence-electron chi connectivity index (χ2n) is 8.39. The molecule has 1 saturated heterocycles. The zero-order valence-corrected chi connectivity index (χ0v) is 17.3. The normalized spacial score (nSPS) is 20.1. The number of aryl methyl sites for hydroxylation is 2. The van der Waals surface area contributed by atoms with E-state index in [1.807, 2.05) is 60.7 Å². The summed E-state index contributed by atoms with van der Waals surface area (Å²) in [5.41, 5.74) is 2.73. The lowest BCUT2D eigenvalue weighted by atomic mass is 9.90. The van der Waals surface area contributed by atoms with E-state index in [0.29, 0.717) is 11.3 Å². The van der Waals surface area contributed by atoms with Gasteiger partial charge in [0, 0.05) is 5.69 Å². The van der Waals surface area contributed by atoms with E-state index in [4.69, 9.17) is 0 Å². The second-order valence-corrected chi connectivity index (χ2v) is 8.39. The van der Waals surface area contributed by atoms with Gasteiger partial charge in [0.2, 0.25) is 5.91 Å². The Kier molecular flexibility index (Phi) is 4.50. The van der Waals surface area contributed by atoms with Crippen LogP contribution in [0.15, 0.2) is 60.7 Å². The summed E-state index contributed by atoms with van der Waals surface area (Å²) >= 11 is 0. The predicted octanol–water partition coefficient (Wildman–Crippen LogP) is 3.73. The van der Waals surface area contributed by atoms with Crippen LogP contribution in [0, 0.1) is 0 Å². The van der Waals surface area contributed by atoms with Crippen molar-refractivity contribution < 1.29 is 14.4 Å². The lowest BCUT2D eigenvalue weighted by molar-refractivity contribution is -0.133. The van der Waals surface area contributed by atoms with E-state index in [2.05, 4.69) is 10.6 Å². The molecule has 4 amide bonds. The first-order valence-electron chi connectivity index (χ1n) is 10.5. The third-order valence-corrected chi connectivity index (χ3v) is 6.29. The molecule has 0 saturated carbocycles. The molecular weight excluding hydrogens is 390 g/mol. The minimum Gasteiger partial charge on any atom is -0.325 e. The maximum Gasteiger partial charge on any atom is 0.325 e. The molecule has 5 rings (SSSR count). The highest BCUT2D eigenvalue weighted by molar-refractivity contribution is 6.10. The maximum absolute atomic E-state index is 13.2. The van der Waals surface area contributed by atoms with E-state index in [0.717, 1.165) is 34.9 Å². The quantitative estimate of drug-likeness (QED) is 0.640. The van der Waals surface area contributed by atoms with Crippen LogP contribution in [0.25, 0.3) is 10.8 Å². The van der Waals surface area contributed by atoms with E-state index in [-0.39, 0.29) is 6.54 Å². The van der Waals surface area contributed by atoms with Crippen LogP contribution in [0.4, 0.5) is 10.5 Å². The molecule has 0 unspecified atom stereocenters. The fourth-order valence-electron chi connectivity index (χ4n) is 4.53. The SMILES string of the molecule is C[C@]1(c2ccc3ccccc3c2)NC(=O)N(CC(=O)Nc2ccc3c(c2)CCC3)C1=O. The van der Waals surface area contributed by atoms with Crippen LogP contribution in [0.5, 0.6) is 0 Å². The summed E-state index contributed by atoms with van der Waals surface area (Å²) < 4.78 is 0. The van der Waals surface area contributed by atoms with E-state index >= 15 is 0 Å². The van der Waals surface area contributed by atoms with Gasteiger partial charge in [-0.2, -0.15) is 0 Å². The molecule has 156 valence electrons. The van der Waals surface area contributed by atoms with Gasteiger partial charge in [-0.1, -0.05) is 42.5 Å². The standard InChI is InChI=1S/C25H23N3O3/c1-25(20-11-9-16-5-2-3-6-18(16)13-20)23(30)28(24(31)27-25)15-22(29)26-21-12-10-17-7-4-8-19(17)14-21/h2-3,5-6,9-14H,4,7-8,15H2,1H3,(H,26,29)(H,27,31)/t25-/m1/s1. The summed E-state index contributed by atoms with van der Waals surface area (Å²) in [7, 11) is 0. The summed E-state index contributed by atoms with van der Waals surface area (Å²) in [6.07, 6.45) is 3.21. The Morgan fingerprint density at radius 3 is 2.61 bits per heavy atom. The van der Waals surface area contributed by atoms with Gasteiger partial charge in [0.25, 0.3) is 5.91 Å². The molecule has 0 aromatic heterocycles. The van der Waals surface area contributed by atoms with Gasteiger partial charge in [-0.25, -0.2) is 4.79 Å². The van der Waals surface area contributed by atoms with Crippen molar-refractivity contribution in [1.82, 2.24) is 10.2 Å². The number of anilines is 1. The number of imide groups is 1. The molecule has 0 spiro atoms. The maximum atomic E-state index is 13.2. The molecule has 0 radical (unpaired) electrons. The minimum atomic E-state index is -1.21. The number of amides is 4. The summed E-state index contributed by atoms with van der Waals surface area (Å²) in [6.45, 7) is 1.35. The molecule has 6 nitrogen and oxygen atoms in total. The Hall–Kier alpha value is -3.67. The van der Waals surface area contributed by atoms with Crippen LogP contribution < -0.4 is 10.6 Å². The Balaban J connectivity index is 1.33. The number of hydrogen-bond donors (Lipinski definition) is 2. The molecule has 3 aromatic rings. The highest BCUT2D eigenvalue weighted by Crippen LogP contribution is 2.31. The van der Waals surface area contributed by atoms with E-state index in [1.165, 1.54) is 11.1 Å². The lowest BCUT2D eigenvalue weighted by Gasteiger charge is -2.22. The van der Waals surface area contributed by atoms with Crippen LogP contribution >= 0.6 is 0 Å². The molecule has 2 aliphatic rings. The number of nitrogens with one attached hydrogen (secondary N) is 2. The molecule has 31 heavy (non-hydrogen) atoms. The zero-order valence-electron chi connectivity index (χ0n) is 17.3. The van der Waals surface area contributed by atoms with Crippen LogP contribution in [0.2, 0.25) is 0 Å². The highest BCUT2D eigenvalue weighted by atomic mass is 16.2. The fourth-order valence-corrected chi connectivity index (χ4v) is 4.53. The highest BCUT2D eigenvalue weighted by Gasteiger charge is 2.49. The summed E-state index contributed by atoms with van der Waals surface area (Å²) in [4.78, 5) is 39.4. The van der Waals surface area contributed by atoms with Gasteiger partial charge in [-0.15, -0.1) is 0 Å². The van der Waals surface area contributed by atoms with Crippen molar-refractivity contribution in [2.75, 3.05) is 11.9 Å². The van der Waals surface area contributed by atoms with Crippen molar-refractivity contribution >= 4 is 34.3 Å². The van der Waals surface area contributed by atoms with Crippen molar-refractivity contribution in [2.24, 2.45) is 0 Å². The summed E-state index contributed by atoms with van der Waals surface area (Å²) in [6, 6.07) is 18.8. The number of urea groups is 1. The molecule has 3 aromatic carbocycles. The predicted molar refractivity (Wildman–Crippen MR) is 119 cm³/mol. The molecular formula is C25H23N3O3. The minimum absolute atomic E-state index is 0.328. The first-order valence-corrected chi connectivity index (χ1v) is 10.5. The fraction of sp³-hybridized carbons (Fsp3) is 0.240. The molecule has 0 bridgehead atoms. The van der Waals surface area contributed by atoms with Crippen molar-refractivity contribution in [3.8, 4) is 0 Å². The largest absolute Gasteiger partial charge is 0.325 e. The third-order valence-electron chi connectivity index (χ3n) is 6.29. The van der Waals surface area contributed by atoms with Gasteiger partial charge >= 0.3 is 6.03 Å². The summed E-state index contributed by atoms with van der Waals surface area (Å²) in [5, 5.41) is 7.63. The number of rotatable bonds is 4. The van der Waals surface area contributed by atoms with Crippen LogP contribution in [-0.2, 0) is 28.0 Å². The first kappa shape index (κ1) is 19.3. The number of fused-ring (bicyclic) bond motifs is 2. The van der Waals surface area contributed by atoms with Gasteiger partial charge in [-0.3, -0.25) is 14.5 Å². The van der Waals surface area contributed by atoms with E-state index in [1.54, 1.807) is 6.92 Å². The average Bonchev–Trinajstić information content (AvgIpc) is 3.32. The molecule has 1 aliphatic carbocycles. The average molecular weight is 413 g/mol. The summed E-state index contributed by atoms with van der Waals surface area (Å²) in [5.74, 6) is -0.832. The molecule has 1 fully saturated rings. The number of carbonyl (C=O) groups excluding carboxylic acids is 3. The Labute approximate surface area is 180 Å². The van der Waals surface area contributed by atoms with Crippen LogP contribution in [0.3, 0.4) is 0 Å². The molecule has 1 atom stereocenters. The zero-order chi connectivity index (χ0) is 21.6. The number of benzene rings is 3. The molecule has 6 heteroatoms. The van der Waals surface area contributed by atoms with Crippen molar-refractivity contribution in [3.63, 3.8) is 0 Å². The topological polar surface area (TPSA) is 78.5 Å².